The van der Waals surface area contributed by atoms with Crippen LogP contribution in [-0.4, -0.2) is 19.0 Å². The van der Waals surface area contributed by atoms with E-state index < -0.39 is 0 Å². The summed E-state index contributed by atoms with van der Waals surface area (Å²) < 4.78 is 0. The van der Waals surface area contributed by atoms with Crippen molar-refractivity contribution in [2.45, 2.75) is 26.3 Å². The second kappa shape index (κ2) is 5.46. The number of amides is 1. The second-order valence-corrected chi connectivity index (χ2v) is 5.17. The van der Waals surface area contributed by atoms with Gasteiger partial charge in [0, 0.05) is 6.54 Å². The Morgan fingerprint density at radius 3 is 2.94 bits per heavy atom. The van der Waals surface area contributed by atoms with E-state index >= 15 is 0 Å². The lowest BCUT2D eigenvalue weighted by atomic mass is 10.2. The minimum Gasteiger partial charge on any atom is -0.351 e. The van der Waals surface area contributed by atoms with Crippen molar-refractivity contribution in [1.29, 1.82) is 0 Å². The van der Waals surface area contributed by atoms with E-state index in [0.29, 0.717) is 13.1 Å². The number of thiophene rings is 1. The van der Waals surface area contributed by atoms with E-state index in [0.717, 1.165) is 12.5 Å². The zero-order chi connectivity index (χ0) is 11.4. The van der Waals surface area contributed by atoms with Gasteiger partial charge in [0.1, 0.15) is 0 Å². The van der Waals surface area contributed by atoms with Crippen molar-refractivity contribution in [3.05, 3.63) is 21.9 Å². The number of nitrogens with one attached hydrogen (secondary N) is 2. The van der Waals surface area contributed by atoms with Crippen LogP contribution in [0.15, 0.2) is 10.8 Å². The molecule has 4 heteroatoms. The molecule has 1 fully saturated rings. The molecule has 0 saturated heterocycles. The summed E-state index contributed by atoms with van der Waals surface area (Å²) in [5.41, 5.74) is 2.48. The van der Waals surface area contributed by atoms with Crippen LogP contribution in [0.4, 0.5) is 0 Å². The predicted molar refractivity (Wildman–Crippen MR) is 66.5 cm³/mol. The van der Waals surface area contributed by atoms with Crippen LogP contribution in [0.2, 0.25) is 0 Å². The second-order valence-electron chi connectivity index (χ2n) is 4.43. The first-order valence-electron chi connectivity index (χ1n) is 5.75. The molecular formula is C12H18N2OS. The van der Waals surface area contributed by atoms with Crippen molar-refractivity contribution >= 4 is 17.2 Å². The molecule has 1 aromatic heterocycles. The highest BCUT2D eigenvalue weighted by Gasteiger charge is 2.20. The van der Waals surface area contributed by atoms with Crippen molar-refractivity contribution in [3.8, 4) is 0 Å². The van der Waals surface area contributed by atoms with Gasteiger partial charge in [-0.1, -0.05) is 0 Å². The highest BCUT2D eigenvalue weighted by atomic mass is 32.1. The minimum absolute atomic E-state index is 0.0891. The molecule has 2 rings (SSSR count). The Kier molecular flexibility index (Phi) is 3.96. The van der Waals surface area contributed by atoms with E-state index in [1.165, 1.54) is 24.0 Å². The zero-order valence-electron chi connectivity index (χ0n) is 9.58. The Balaban J connectivity index is 1.61. The number of aryl methyl sites for hydroxylation is 1. The van der Waals surface area contributed by atoms with Gasteiger partial charge in [-0.15, -0.1) is 0 Å². The van der Waals surface area contributed by atoms with Gasteiger partial charge >= 0.3 is 0 Å². The number of hydrogen-bond acceptors (Lipinski definition) is 3. The molecule has 3 nitrogen and oxygen atoms in total. The molecule has 0 radical (unpaired) electrons. The van der Waals surface area contributed by atoms with E-state index in [2.05, 4.69) is 28.3 Å². The molecule has 88 valence electrons. The van der Waals surface area contributed by atoms with E-state index in [9.17, 15) is 4.79 Å². The minimum atomic E-state index is 0.0891. The largest absolute Gasteiger partial charge is 0.351 e. The summed E-state index contributed by atoms with van der Waals surface area (Å²) in [6.45, 7) is 4.16. The number of hydrogen-bond donors (Lipinski definition) is 2. The summed E-state index contributed by atoms with van der Waals surface area (Å²) in [7, 11) is 0. The highest BCUT2D eigenvalue weighted by molar-refractivity contribution is 7.08. The first-order valence-corrected chi connectivity index (χ1v) is 6.69. The molecule has 1 heterocycles. The zero-order valence-corrected chi connectivity index (χ0v) is 10.4. The fourth-order valence-electron chi connectivity index (χ4n) is 1.54. The molecule has 16 heavy (non-hydrogen) atoms. The molecular weight excluding hydrogens is 220 g/mol. The quantitative estimate of drug-likeness (QED) is 0.791. The van der Waals surface area contributed by atoms with Crippen LogP contribution in [-0.2, 0) is 11.3 Å². The summed E-state index contributed by atoms with van der Waals surface area (Å²) in [5.74, 6) is 0.915. The van der Waals surface area contributed by atoms with Crippen LogP contribution in [0.25, 0.3) is 0 Å². The Hall–Kier alpha value is -0.870. The molecule has 0 aromatic carbocycles. The Morgan fingerprint density at radius 1 is 1.50 bits per heavy atom. The smallest absolute Gasteiger partial charge is 0.234 e. The Labute approximate surface area is 100 Å². The van der Waals surface area contributed by atoms with Gasteiger partial charge in [-0.05, 0) is 54.1 Å². The van der Waals surface area contributed by atoms with Crippen molar-refractivity contribution in [1.82, 2.24) is 10.6 Å². The normalized spacial score (nSPS) is 15.1. The van der Waals surface area contributed by atoms with E-state index in [-0.39, 0.29) is 5.91 Å². The van der Waals surface area contributed by atoms with Crippen molar-refractivity contribution < 1.29 is 4.79 Å². The molecule has 1 saturated carbocycles. The van der Waals surface area contributed by atoms with E-state index in [4.69, 9.17) is 0 Å². The molecule has 0 aliphatic heterocycles. The standard InChI is InChI=1S/C12H18N2OS/c1-9-7-16-8-11(9)5-14-12(15)6-13-4-10-2-3-10/h7-8,10,13H,2-6H2,1H3,(H,14,15). The monoisotopic (exact) mass is 238 g/mol. The number of rotatable bonds is 6. The van der Waals surface area contributed by atoms with Crippen molar-refractivity contribution in [3.63, 3.8) is 0 Å². The lowest BCUT2D eigenvalue weighted by molar-refractivity contribution is -0.120. The van der Waals surface area contributed by atoms with Crippen LogP contribution in [0.1, 0.15) is 24.0 Å². The fourth-order valence-corrected chi connectivity index (χ4v) is 2.39. The van der Waals surface area contributed by atoms with Gasteiger partial charge in [0.25, 0.3) is 0 Å². The first-order chi connectivity index (χ1) is 7.75. The Morgan fingerprint density at radius 2 is 2.31 bits per heavy atom. The average molecular weight is 238 g/mol. The maximum atomic E-state index is 11.5. The molecule has 0 atom stereocenters. The third kappa shape index (κ3) is 3.61. The van der Waals surface area contributed by atoms with Crippen LogP contribution in [0, 0.1) is 12.8 Å². The fraction of sp³-hybridized carbons (Fsp3) is 0.583. The molecule has 1 aliphatic carbocycles. The van der Waals surface area contributed by atoms with Crippen LogP contribution < -0.4 is 10.6 Å². The van der Waals surface area contributed by atoms with Gasteiger partial charge < -0.3 is 10.6 Å². The molecule has 2 N–H and O–H groups in total. The lowest BCUT2D eigenvalue weighted by Crippen LogP contribution is -2.34. The summed E-state index contributed by atoms with van der Waals surface area (Å²) in [6.07, 6.45) is 2.64. The number of carbonyl (C=O) groups excluding carboxylic acids is 1. The van der Waals surface area contributed by atoms with E-state index in [1.807, 2.05) is 0 Å². The molecule has 1 amide bonds. The third-order valence-corrected chi connectivity index (χ3v) is 3.76. The van der Waals surface area contributed by atoms with Gasteiger partial charge in [0.05, 0.1) is 6.54 Å². The van der Waals surface area contributed by atoms with Crippen molar-refractivity contribution in [2.24, 2.45) is 5.92 Å². The van der Waals surface area contributed by atoms with Gasteiger partial charge in [-0.3, -0.25) is 4.79 Å². The van der Waals surface area contributed by atoms with Crippen LogP contribution >= 0.6 is 11.3 Å². The average Bonchev–Trinajstić information content (AvgIpc) is 2.99. The van der Waals surface area contributed by atoms with E-state index in [1.54, 1.807) is 11.3 Å². The first kappa shape index (κ1) is 11.6. The summed E-state index contributed by atoms with van der Waals surface area (Å²) in [6, 6.07) is 0. The van der Waals surface area contributed by atoms with Gasteiger partial charge in [0.15, 0.2) is 0 Å². The maximum absolute atomic E-state index is 11.5. The molecule has 0 spiro atoms. The summed E-state index contributed by atoms with van der Waals surface area (Å²) in [5, 5.41) is 10.3. The molecule has 0 bridgehead atoms. The van der Waals surface area contributed by atoms with Crippen LogP contribution in [0.3, 0.4) is 0 Å². The lowest BCUT2D eigenvalue weighted by Gasteiger charge is -2.06. The van der Waals surface area contributed by atoms with Crippen molar-refractivity contribution in [2.75, 3.05) is 13.1 Å². The van der Waals surface area contributed by atoms with Gasteiger partial charge in [-0.2, -0.15) is 11.3 Å². The van der Waals surface area contributed by atoms with Gasteiger partial charge in [-0.25, -0.2) is 0 Å². The van der Waals surface area contributed by atoms with Crippen LogP contribution in [0.5, 0.6) is 0 Å². The third-order valence-electron chi connectivity index (χ3n) is 2.85. The summed E-state index contributed by atoms with van der Waals surface area (Å²) in [4.78, 5) is 11.5. The highest BCUT2D eigenvalue weighted by Crippen LogP contribution is 2.27. The SMILES string of the molecule is Cc1cscc1CNC(=O)CNCC1CC1. The maximum Gasteiger partial charge on any atom is 0.234 e. The molecule has 0 unspecified atom stereocenters. The summed E-state index contributed by atoms with van der Waals surface area (Å²) >= 11 is 1.68. The number of carbonyl (C=O) groups is 1. The topological polar surface area (TPSA) is 41.1 Å². The van der Waals surface area contributed by atoms with Gasteiger partial charge in [0.2, 0.25) is 5.91 Å². The predicted octanol–water partition coefficient (Wildman–Crippen LogP) is 1.67. The molecule has 1 aromatic rings. The Bertz CT molecular complexity index is 358. The molecule has 1 aliphatic rings.